The Morgan fingerprint density at radius 2 is 0.841 bits per heavy atom. The van der Waals surface area contributed by atoms with Gasteiger partial charge in [0.2, 0.25) is 11.8 Å². The Hall–Kier alpha value is -4.87. The molecule has 4 unspecified atom stereocenters. The van der Waals surface area contributed by atoms with Crippen molar-refractivity contribution in [1.82, 2.24) is 0 Å². The van der Waals surface area contributed by atoms with Gasteiger partial charge in [0.25, 0.3) is 0 Å². The molecule has 2 amide bonds. The van der Waals surface area contributed by atoms with E-state index in [1.54, 1.807) is 12.1 Å². The predicted molar refractivity (Wildman–Crippen MR) is 175 cm³/mol. The molecule has 1 saturated heterocycles. The molecule has 2 aliphatic carbocycles. The summed E-state index contributed by atoms with van der Waals surface area (Å²) in [6.07, 6.45) is 0. The lowest BCUT2D eigenvalue weighted by Crippen LogP contribution is -2.45. The highest BCUT2D eigenvalue weighted by Crippen LogP contribution is 2.74. The van der Waals surface area contributed by atoms with Gasteiger partial charge in [-0.2, -0.15) is 0 Å². The van der Waals surface area contributed by atoms with Crippen LogP contribution in [0.15, 0.2) is 150 Å². The molecule has 3 aliphatic rings. The van der Waals surface area contributed by atoms with Crippen molar-refractivity contribution in [3.05, 3.63) is 172 Å². The minimum Gasteiger partial charge on any atom is -0.297 e. The molecule has 1 heterocycles. The van der Waals surface area contributed by atoms with Gasteiger partial charge < -0.3 is 0 Å². The monoisotopic (exact) mass is 635 g/mol. The topological polar surface area (TPSA) is 54.5 Å². The number of anilines is 1. The van der Waals surface area contributed by atoms with Crippen molar-refractivity contribution in [3.63, 3.8) is 0 Å². The van der Waals surface area contributed by atoms with Crippen LogP contribution in [0.2, 0.25) is 0 Å². The highest BCUT2D eigenvalue weighted by atomic mass is 79.9. The summed E-state index contributed by atoms with van der Waals surface area (Å²) in [6, 6.07) is 46.2. The van der Waals surface area contributed by atoms with Crippen molar-refractivity contribution in [2.75, 3.05) is 4.90 Å². The number of fused-ring (bicyclic) bond motifs is 5. The van der Waals surface area contributed by atoms with Crippen LogP contribution < -0.4 is 4.90 Å². The number of halogens is 1. The van der Waals surface area contributed by atoms with Crippen LogP contribution >= 0.6 is 15.9 Å². The highest BCUT2D eigenvalue weighted by Gasteiger charge is 2.82. The molecule has 2 bridgehead atoms. The molecule has 5 heteroatoms. The average Bonchev–Trinajstić information content (AvgIpc) is 3.59. The zero-order valence-corrected chi connectivity index (χ0v) is 25.1. The summed E-state index contributed by atoms with van der Waals surface area (Å²) in [7, 11) is 0. The van der Waals surface area contributed by atoms with Crippen molar-refractivity contribution in [3.8, 4) is 0 Å². The van der Waals surface area contributed by atoms with E-state index in [4.69, 9.17) is 0 Å². The van der Waals surface area contributed by atoms with Crippen LogP contribution in [0.5, 0.6) is 0 Å². The first-order valence-corrected chi connectivity index (χ1v) is 15.5. The number of imide groups is 1. The largest absolute Gasteiger partial charge is 0.297 e. The van der Waals surface area contributed by atoms with Crippen LogP contribution in [0.4, 0.5) is 5.69 Å². The summed E-state index contributed by atoms with van der Waals surface area (Å²) in [5.41, 5.74) is 2.47. The number of nitrogens with zero attached hydrogens (tertiary/aromatic N) is 1. The van der Waals surface area contributed by atoms with E-state index < -0.39 is 22.7 Å². The molecule has 1 aliphatic heterocycles. The maximum absolute atomic E-state index is 15.8. The van der Waals surface area contributed by atoms with Crippen LogP contribution in [0, 0.1) is 11.8 Å². The summed E-state index contributed by atoms with van der Waals surface area (Å²) < 4.78 is 0.844. The number of amides is 2. The fraction of sp³-hybridized carbons (Fsp3) is 0.103. The van der Waals surface area contributed by atoms with Crippen LogP contribution in [-0.2, 0) is 25.2 Å². The molecule has 0 N–H and O–H groups in total. The molecule has 4 atom stereocenters. The lowest BCUT2D eigenvalue weighted by atomic mass is 9.59. The van der Waals surface area contributed by atoms with E-state index in [-0.39, 0.29) is 17.6 Å². The number of carbonyl (C=O) groups excluding carboxylic acids is 3. The molecule has 212 valence electrons. The van der Waals surface area contributed by atoms with Crippen molar-refractivity contribution in [2.24, 2.45) is 11.8 Å². The van der Waals surface area contributed by atoms with Gasteiger partial charge in [-0.05, 0) is 57.7 Å². The second-order valence-electron chi connectivity index (χ2n) is 11.6. The van der Waals surface area contributed by atoms with Gasteiger partial charge in [-0.25, -0.2) is 4.90 Å². The maximum Gasteiger partial charge on any atom is 0.239 e. The maximum atomic E-state index is 15.8. The SMILES string of the molecule is O=C1C2C(C(=O)N1c1ccc(Br)cc1)C1(c3ccccc3)C(=O)C2(c2ccccc2)C(c2ccccc2)=C1c1ccccc1. The van der Waals surface area contributed by atoms with Crippen LogP contribution in [0.25, 0.3) is 11.1 Å². The quantitative estimate of drug-likeness (QED) is 0.187. The van der Waals surface area contributed by atoms with Gasteiger partial charge in [0.05, 0.1) is 28.4 Å². The van der Waals surface area contributed by atoms with E-state index in [1.807, 2.05) is 133 Å². The van der Waals surface area contributed by atoms with Gasteiger partial charge in [0.15, 0.2) is 5.78 Å². The molecule has 0 spiro atoms. The number of rotatable bonds is 5. The first kappa shape index (κ1) is 26.7. The zero-order chi connectivity index (χ0) is 30.1. The normalized spacial score (nSPS) is 25.6. The highest BCUT2D eigenvalue weighted by molar-refractivity contribution is 9.10. The molecule has 5 aromatic carbocycles. The van der Waals surface area contributed by atoms with E-state index in [9.17, 15) is 9.59 Å². The summed E-state index contributed by atoms with van der Waals surface area (Å²) in [5.74, 6) is -2.68. The van der Waals surface area contributed by atoms with E-state index >= 15 is 4.79 Å². The third-order valence-electron chi connectivity index (χ3n) is 9.66. The number of carbonyl (C=O) groups is 3. The number of Topliss-reactive ketones (excluding diaryl/α,β-unsaturated/α-hetero) is 1. The van der Waals surface area contributed by atoms with Crippen molar-refractivity contribution in [1.29, 1.82) is 0 Å². The fourth-order valence-electron chi connectivity index (χ4n) is 8.18. The number of allylic oxidation sites excluding steroid dienone is 2. The number of hydrogen-bond donors (Lipinski definition) is 0. The summed E-state index contributed by atoms with van der Waals surface area (Å²) in [4.78, 5) is 46.9. The second-order valence-corrected chi connectivity index (χ2v) is 12.5. The molecule has 5 aromatic rings. The number of hydrogen-bond acceptors (Lipinski definition) is 3. The summed E-state index contributed by atoms with van der Waals surface area (Å²) >= 11 is 3.48. The van der Waals surface area contributed by atoms with Gasteiger partial charge in [0.1, 0.15) is 0 Å². The fourth-order valence-corrected chi connectivity index (χ4v) is 8.44. The first-order chi connectivity index (χ1) is 21.5. The average molecular weight is 637 g/mol. The van der Waals surface area contributed by atoms with Gasteiger partial charge in [-0.15, -0.1) is 0 Å². The lowest BCUT2D eigenvalue weighted by molar-refractivity contribution is -0.130. The Labute approximate surface area is 263 Å². The molecule has 4 nitrogen and oxygen atoms in total. The Morgan fingerprint density at radius 1 is 0.477 bits per heavy atom. The Morgan fingerprint density at radius 3 is 1.23 bits per heavy atom. The van der Waals surface area contributed by atoms with Gasteiger partial charge >= 0.3 is 0 Å². The molecule has 2 fully saturated rings. The van der Waals surface area contributed by atoms with Crippen molar-refractivity contribution >= 4 is 50.4 Å². The predicted octanol–water partition coefficient (Wildman–Crippen LogP) is 7.64. The smallest absolute Gasteiger partial charge is 0.239 e. The molecule has 0 radical (unpaired) electrons. The van der Waals surface area contributed by atoms with E-state index in [0.29, 0.717) is 5.69 Å². The molecule has 1 saturated carbocycles. The van der Waals surface area contributed by atoms with E-state index in [2.05, 4.69) is 15.9 Å². The zero-order valence-electron chi connectivity index (χ0n) is 23.6. The van der Waals surface area contributed by atoms with Gasteiger partial charge in [-0.3, -0.25) is 14.4 Å². The van der Waals surface area contributed by atoms with Gasteiger partial charge in [0, 0.05) is 4.47 Å². The standard InChI is InChI=1S/C39H26BrNO3/c40-29-21-23-30(24-22-29)41-35(42)33-34(36(41)43)39(28-19-11-4-12-20-28)32(26-15-7-2-8-16-26)31(25-13-5-1-6-14-25)38(33,37(39)44)27-17-9-3-10-18-27/h1-24,33-34H. The van der Waals surface area contributed by atoms with Crippen LogP contribution in [0.3, 0.4) is 0 Å². The minimum absolute atomic E-state index is 0.118. The molecular formula is C39H26BrNO3. The second kappa shape index (κ2) is 9.83. The van der Waals surface area contributed by atoms with Crippen molar-refractivity contribution in [2.45, 2.75) is 10.8 Å². The minimum atomic E-state index is -1.40. The molecule has 44 heavy (non-hydrogen) atoms. The van der Waals surface area contributed by atoms with E-state index in [0.717, 1.165) is 37.9 Å². The first-order valence-electron chi connectivity index (χ1n) is 14.7. The van der Waals surface area contributed by atoms with Crippen LogP contribution in [-0.4, -0.2) is 17.6 Å². The van der Waals surface area contributed by atoms with Crippen molar-refractivity contribution < 1.29 is 14.4 Å². The Balaban J connectivity index is 1.55. The number of ketones is 1. The summed E-state index contributed by atoms with van der Waals surface area (Å²) in [5, 5.41) is 0. The summed E-state index contributed by atoms with van der Waals surface area (Å²) in [6.45, 7) is 0. The molecule has 0 aromatic heterocycles. The van der Waals surface area contributed by atoms with Gasteiger partial charge in [-0.1, -0.05) is 137 Å². The van der Waals surface area contributed by atoms with E-state index in [1.165, 1.54) is 4.90 Å². The Bertz CT molecular complexity index is 1850. The Kier molecular flexibility index (Phi) is 5.97. The molecule has 8 rings (SSSR count). The third-order valence-corrected chi connectivity index (χ3v) is 10.2. The molecular weight excluding hydrogens is 610 g/mol. The third kappa shape index (κ3) is 3.30. The number of benzene rings is 5. The van der Waals surface area contributed by atoms with Crippen LogP contribution in [0.1, 0.15) is 22.3 Å². The lowest BCUT2D eigenvalue weighted by Gasteiger charge is -2.39.